The van der Waals surface area contributed by atoms with Crippen molar-refractivity contribution in [1.29, 1.82) is 0 Å². The molecule has 0 bridgehead atoms. The Morgan fingerprint density at radius 3 is 2.44 bits per heavy atom. The normalized spacial score (nSPS) is 12.0. The Hall–Kier alpha value is -2.90. The van der Waals surface area contributed by atoms with Gasteiger partial charge in [0.2, 0.25) is 6.10 Å². The molecule has 1 aromatic heterocycles. The standard InChI is InChI=1S/C19H24FN3O4/c1-4-14(5-2)23-12(3)10-16(22-23)18(24)21-11-17(19(25)26)27-15-8-6-13(20)7-9-15/h6-10,14,17H,4-5,11H2,1-3H3,(H,21,24)(H,25,26). The van der Waals surface area contributed by atoms with Crippen LogP contribution in [-0.4, -0.2) is 39.4 Å². The van der Waals surface area contributed by atoms with E-state index < -0.39 is 23.8 Å². The first-order valence-corrected chi connectivity index (χ1v) is 8.85. The average molecular weight is 377 g/mol. The summed E-state index contributed by atoms with van der Waals surface area (Å²) in [6.45, 7) is 5.74. The Balaban J connectivity index is 2.02. The number of halogens is 1. The number of nitrogens with one attached hydrogen (secondary N) is 1. The molecule has 2 N–H and O–H groups in total. The van der Waals surface area contributed by atoms with Crippen LogP contribution in [0.4, 0.5) is 4.39 Å². The third-order valence-corrected chi connectivity index (χ3v) is 4.26. The molecule has 0 aliphatic heterocycles. The number of aliphatic carboxylic acids is 1. The summed E-state index contributed by atoms with van der Waals surface area (Å²) in [7, 11) is 0. The van der Waals surface area contributed by atoms with Crippen LogP contribution < -0.4 is 10.1 Å². The number of carbonyl (C=O) groups is 2. The molecule has 1 aromatic carbocycles. The number of nitrogens with zero attached hydrogens (tertiary/aromatic N) is 2. The summed E-state index contributed by atoms with van der Waals surface area (Å²) in [6, 6.07) is 6.87. The Bertz CT molecular complexity index is 785. The highest BCUT2D eigenvalue weighted by molar-refractivity contribution is 5.92. The Labute approximate surface area is 157 Å². The molecule has 1 amide bonds. The Kier molecular flexibility index (Phi) is 6.92. The van der Waals surface area contributed by atoms with Crippen molar-refractivity contribution < 1.29 is 23.8 Å². The van der Waals surface area contributed by atoms with Crippen LogP contribution in [0, 0.1) is 12.7 Å². The minimum Gasteiger partial charge on any atom is -0.478 e. The maximum atomic E-state index is 12.9. The minimum atomic E-state index is -1.30. The second-order valence-corrected chi connectivity index (χ2v) is 6.19. The molecule has 0 spiro atoms. The second-order valence-electron chi connectivity index (χ2n) is 6.19. The van der Waals surface area contributed by atoms with Gasteiger partial charge in [-0.1, -0.05) is 13.8 Å². The molecular weight excluding hydrogens is 353 g/mol. The van der Waals surface area contributed by atoms with Crippen LogP contribution in [0.15, 0.2) is 30.3 Å². The number of aryl methyl sites for hydroxylation is 1. The topological polar surface area (TPSA) is 93.5 Å². The van der Waals surface area contributed by atoms with E-state index in [1.807, 2.05) is 11.6 Å². The predicted molar refractivity (Wildman–Crippen MR) is 97.4 cm³/mol. The van der Waals surface area contributed by atoms with Crippen molar-refractivity contribution in [2.24, 2.45) is 0 Å². The van der Waals surface area contributed by atoms with Crippen molar-refractivity contribution in [3.63, 3.8) is 0 Å². The highest BCUT2D eigenvalue weighted by Crippen LogP contribution is 2.18. The lowest BCUT2D eigenvalue weighted by Gasteiger charge is -2.16. The van der Waals surface area contributed by atoms with Gasteiger partial charge in [0.05, 0.1) is 12.6 Å². The zero-order chi connectivity index (χ0) is 20.0. The number of hydrogen-bond donors (Lipinski definition) is 2. The highest BCUT2D eigenvalue weighted by Gasteiger charge is 2.22. The van der Waals surface area contributed by atoms with E-state index in [-0.39, 0.29) is 24.0 Å². The summed E-state index contributed by atoms with van der Waals surface area (Å²) in [6.07, 6.45) is 0.487. The summed E-state index contributed by atoms with van der Waals surface area (Å²) in [5, 5.41) is 16.2. The Morgan fingerprint density at radius 1 is 1.26 bits per heavy atom. The third-order valence-electron chi connectivity index (χ3n) is 4.26. The van der Waals surface area contributed by atoms with E-state index in [0.717, 1.165) is 18.5 Å². The number of hydrogen-bond acceptors (Lipinski definition) is 4. The largest absolute Gasteiger partial charge is 0.478 e. The first-order valence-electron chi connectivity index (χ1n) is 8.85. The summed E-state index contributed by atoms with van der Waals surface area (Å²) >= 11 is 0. The maximum absolute atomic E-state index is 12.9. The molecule has 7 nitrogen and oxygen atoms in total. The molecule has 1 heterocycles. The van der Waals surface area contributed by atoms with Crippen LogP contribution in [0.1, 0.15) is 48.9 Å². The number of rotatable bonds is 9. The van der Waals surface area contributed by atoms with Crippen molar-refractivity contribution >= 4 is 11.9 Å². The summed E-state index contributed by atoms with van der Waals surface area (Å²) in [4.78, 5) is 23.7. The molecular formula is C19H24FN3O4. The molecule has 0 aliphatic carbocycles. The number of ether oxygens (including phenoxy) is 1. The van der Waals surface area contributed by atoms with Crippen molar-refractivity contribution in [2.75, 3.05) is 6.54 Å². The minimum absolute atomic E-state index is 0.201. The summed E-state index contributed by atoms with van der Waals surface area (Å²) in [5.41, 5.74) is 1.09. The lowest BCUT2D eigenvalue weighted by Crippen LogP contribution is -2.40. The fourth-order valence-electron chi connectivity index (χ4n) is 2.74. The monoisotopic (exact) mass is 377 g/mol. The van der Waals surface area contributed by atoms with Gasteiger partial charge in [-0.05, 0) is 50.1 Å². The number of carbonyl (C=O) groups excluding carboxylic acids is 1. The molecule has 1 unspecified atom stereocenters. The van der Waals surface area contributed by atoms with Gasteiger partial charge in [0.25, 0.3) is 5.91 Å². The van der Waals surface area contributed by atoms with Crippen LogP contribution in [0.25, 0.3) is 0 Å². The maximum Gasteiger partial charge on any atom is 0.346 e. The number of carboxylic acid groups (broad SMARTS) is 1. The van der Waals surface area contributed by atoms with Crippen LogP contribution in [-0.2, 0) is 4.79 Å². The third kappa shape index (κ3) is 5.29. The molecule has 0 radical (unpaired) electrons. The SMILES string of the molecule is CCC(CC)n1nc(C(=O)NCC(Oc2ccc(F)cc2)C(=O)O)cc1C. The van der Waals surface area contributed by atoms with Gasteiger partial charge in [0, 0.05) is 5.69 Å². The van der Waals surface area contributed by atoms with Gasteiger partial charge >= 0.3 is 5.97 Å². The molecule has 27 heavy (non-hydrogen) atoms. The molecule has 146 valence electrons. The van der Waals surface area contributed by atoms with Gasteiger partial charge in [-0.3, -0.25) is 9.48 Å². The predicted octanol–water partition coefficient (Wildman–Crippen LogP) is 2.95. The van der Waals surface area contributed by atoms with Gasteiger partial charge in [0.1, 0.15) is 17.3 Å². The number of amides is 1. The summed E-state index contributed by atoms with van der Waals surface area (Å²) < 4.78 is 20.1. The lowest BCUT2D eigenvalue weighted by atomic mass is 10.2. The average Bonchev–Trinajstić information content (AvgIpc) is 3.02. The van der Waals surface area contributed by atoms with E-state index in [1.54, 1.807) is 6.07 Å². The molecule has 0 aliphatic rings. The van der Waals surface area contributed by atoms with Crippen LogP contribution in [0.5, 0.6) is 5.75 Å². The van der Waals surface area contributed by atoms with Gasteiger partial charge in [0.15, 0.2) is 0 Å². The highest BCUT2D eigenvalue weighted by atomic mass is 19.1. The first kappa shape index (κ1) is 20.4. The molecule has 2 rings (SSSR count). The zero-order valence-electron chi connectivity index (χ0n) is 15.6. The number of benzene rings is 1. The Morgan fingerprint density at radius 2 is 1.89 bits per heavy atom. The van der Waals surface area contributed by atoms with Gasteiger partial charge < -0.3 is 15.2 Å². The fourth-order valence-corrected chi connectivity index (χ4v) is 2.74. The molecule has 0 fully saturated rings. The molecule has 2 aromatic rings. The number of aromatic nitrogens is 2. The molecule has 0 saturated heterocycles. The first-order chi connectivity index (χ1) is 12.8. The van der Waals surface area contributed by atoms with Crippen molar-refractivity contribution in [3.05, 3.63) is 47.5 Å². The summed E-state index contributed by atoms with van der Waals surface area (Å²) in [5.74, 6) is -1.96. The second kappa shape index (κ2) is 9.16. The zero-order valence-corrected chi connectivity index (χ0v) is 15.6. The van der Waals surface area contributed by atoms with E-state index in [9.17, 15) is 19.1 Å². The molecule has 1 atom stereocenters. The van der Waals surface area contributed by atoms with E-state index in [0.29, 0.717) is 0 Å². The van der Waals surface area contributed by atoms with E-state index in [4.69, 9.17) is 4.74 Å². The van der Waals surface area contributed by atoms with Crippen molar-refractivity contribution in [1.82, 2.24) is 15.1 Å². The van der Waals surface area contributed by atoms with Crippen LogP contribution >= 0.6 is 0 Å². The smallest absolute Gasteiger partial charge is 0.346 e. The fraction of sp³-hybridized carbons (Fsp3) is 0.421. The van der Waals surface area contributed by atoms with Crippen molar-refractivity contribution in [3.8, 4) is 5.75 Å². The molecule has 0 saturated carbocycles. The van der Waals surface area contributed by atoms with Gasteiger partial charge in [-0.2, -0.15) is 5.10 Å². The quantitative estimate of drug-likeness (QED) is 0.701. The van der Waals surface area contributed by atoms with E-state index in [1.165, 1.54) is 24.3 Å². The lowest BCUT2D eigenvalue weighted by molar-refractivity contribution is -0.144. The number of carboxylic acids is 1. The van der Waals surface area contributed by atoms with Crippen LogP contribution in [0.3, 0.4) is 0 Å². The van der Waals surface area contributed by atoms with E-state index in [2.05, 4.69) is 24.3 Å². The van der Waals surface area contributed by atoms with Crippen molar-refractivity contribution in [2.45, 2.75) is 45.8 Å². The van der Waals surface area contributed by atoms with Gasteiger partial charge in [-0.15, -0.1) is 0 Å². The van der Waals surface area contributed by atoms with Gasteiger partial charge in [-0.25, -0.2) is 9.18 Å². The molecule has 8 heteroatoms. The van der Waals surface area contributed by atoms with E-state index >= 15 is 0 Å². The van der Waals surface area contributed by atoms with Crippen LogP contribution in [0.2, 0.25) is 0 Å².